The topological polar surface area (TPSA) is 23.1 Å². The smallest absolute Gasteiger partial charge is 1.00 e. The third-order valence-electron chi connectivity index (χ3n) is 3.17. The average Bonchev–Trinajstić information content (AvgIpc) is 2.14. The van der Waals surface area contributed by atoms with Gasteiger partial charge < -0.3 is 17.5 Å². The summed E-state index contributed by atoms with van der Waals surface area (Å²) in [5, 5.41) is 12.5. The first-order valence-corrected chi connectivity index (χ1v) is 6.42. The van der Waals surface area contributed by atoms with Crippen LogP contribution in [0.15, 0.2) is 12.1 Å². The van der Waals surface area contributed by atoms with Gasteiger partial charge >= 0.3 is 26.2 Å². The molecule has 0 unspecified atom stereocenters. The fourth-order valence-electron chi connectivity index (χ4n) is 2.01. The summed E-state index contributed by atoms with van der Waals surface area (Å²) in [5.74, 6) is 0.224. The molecule has 0 saturated carbocycles. The van der Waals surface area contributed by atoms with Gasteiger partial charge in [0.25, 0.3) is 0 Å². The second kappa shape index (κ2) is 7.27. The van der Waals surface area contributed by atoms with Crippen LogP contribution in [0.2, 0.25) is 0 Å². The Balaban J connectivity index is 0. The first kappa shape index (κ1) is 21.5. The molecule has 1 aromatic carbocycles. The maximum Gasteiger partial charge on any atom is 2.00 e. The molecule has 0 heterocycles. The fraction of sp³-hybridized carbons (Fsp3) is 0.625. The normalized spacial score (nSPS) is 11.5. The van der Waals surface area contributed by atoms with Gasteiger partial charge in [-0.15, -0.1) is 5.75 Å². The van der Waals surface area contributed by atoms with Gasteiger partial charge in [-0.25, -0.2) is 0 Å². The Hall–Kier alpha value is 0.193. The van der Waals surface area contributed by atoms with Crippen LogP contribution in [-0.4, -0.2) is 0 Å². The Morgan fingerprint density at radius 2 is 1.21 bits per heavy atom. The molecule has 0 aromatic heterocycles. The molecule has 0 bridgehead atoms. The first-order chi connectivity index (χ1) is 7.57. The van der Waals surface area contributed by atoms with Crippen molar-refractivity contribution < 1.29 is 43.7 Å². The molecule has 1 aromatic rings. The van der Waals surface area contributed by atoms with Gasteiger partial charge in [0, 0.05) is 0 Å². The van der Waals surface area contributed by atoms with Gasteiger partial charge in [0.2, 0.25) is 0 Å². The molecule has 19 heavy (non-hydrogen) atoms. The van der Waals surface area contributed by atoms with Crippen molar-refractivity contribution in [3.8, 4) is 5.75 Å². The monoisotopic (exact) mass is 358 g/mol. The summed E-state index contributed by atoms with van der Waals surface area (Å²) in [5.41, 5.74) is 2.99. The second-order valence-corrected chi connectivity index (χ2v) is 6.87. The predicted octanol–water partition coefficient (Wildman–Crippen LogP) is 0.919. The summed E-state index contributed by atoms with van der Waals surface area (Å²) in [4.78, 5) is 0. The fourth-order valence-corrected chi connectivity index (χ4v) is 2.01. The Labute approximate surface area is 143 Å². The van der Waals surface area contributed by atoms with Gasteiger partial charge in [-0.3, -0.25) is 0 Å². The molecule has 0 spiro atoms. The predicted molar refractivity (Wildman–Crippen MR) is 72.7 cm³/mol. The largest absolute Gasteiger partial charge is 2.00 e. The third-order valence-corrected chi connectivity index (χ3v) is 3.17. The maximum atomic E-state index is 12.5. The van der Waals surface area contributed by atoms with Gasteiger partial charge in [-0.05, 0) is 33.9 Å². The van der Waals surface area contributed by atoms with E-state index in [9.17, 15) is 5.11 Å². The van der Waals surface area contributed by atoms with Crippen molar-refractivity contribution in [1.29, 1.82) is 0 Å². The van der Waals surface area contributed by atoms with E-state index >= 15 is 0 Å². The first-order valence-electron chi connectivity index (χ1n) is 6.42. The van der Waals surface area contributed by atoms with E-state index in [0.29, 0.717) is 0 Å². The van der Waals surface area contributed by atoms with Crippen molar-refractivity contribution in [2.24, 2.45) is 0 Å². The van der Waals surface area contributed by atoms with Crippen LogP contribution in [0, 0.1) is 0 Å². The van der Waals surface area contributed by atoms with E-state index in [1.54, 1.807) is 0 Å². The Morgan fingerprint density at radius 3 is 1.42 bits per heavy atom. The molecule has 1 nitrogen and oxygen atoms in total. The summed E-state index contributed by atoms with van der Waals surface area (Å²) in [6.07, 6.45) is 0.979. The SMILES string of the molecule is CCc1cc(C(C)(C)C)c([O-])c(C(C)(C)C)c1.[Cl-].[Zr+2]. The van der Waals surface area contributed by atoms with Crippen LogP contribution < -0.4 is 17.5 Å². The minimum absolute atomic E-state index is 0. The zero-order chi connectivity index (χ0) is 13.4. The van der Waals surface area contributed by atoms with E-state index in [1.165, 1.54) is 5.56 Å². The Bertz CT molecular complexity index is 379. The zero-order valence-corrected chi connectivity index (χ0v) is 16.4. The van der Waals surface area contributed by atoms with E-state index < -0.39 is 0 Å². The van der Waals surface area contributed by atoms with Crippen molar-refractivity contribution in [1.82, 2.24) is 0 Å². The van der Waals surface area contributed by atoms with Crippen LogP contribution in [0.3, 0.4) is 0 Å². The summed E-state index contributed by atoms with van der Waals surface area (Å²) in [7, 11) is 0. The molecule has 0 saturated heterocycles. The van der Waals surface area contributed by atoms with Crippen molar-refractivity contribution in [2.45, 2.75) is 65.7 Å². The molecule has 0 atom stereocenters. The van der Waals surface area contributed by atoms with E-state index in [0.717, 1.165) is 17.5 Å². The molecule has 0 aliphatic carbocycles. The van der Waals surface area contributed by atoms with Crippen LogP contribution in [0.4, 0.5) is 0 Å². The van der Waals surface area contributed by atoms with Crippen LogP contribution in [0.1, 0.15) is 65.2 Å². The molecule has 0 fully saturated rings. The van der Waals surface area contributed by atoms with E-state index in [4.69, 9.17) is 0 Å². The standard InChI is InChI=1S/C16H26O.ClH.Zr/c1-8-11-9-12(15(2,3)4)14(17)13(10-11)16(5,6)7;;/h9-10,17H,8H2,1-7H3;1H;/q;;+2/p-2. The summed E-state index contributed by atoms with van der Waals surface area (Å²) < 4.78 is 0. The number of rotatable bonds is 1. The number of halogens is 1. The molecule has 106 valence electrons. The molecule has 3 heteroatoms. The maximum absolute atomic E-state index is 12.5. The average molecular weight is 360 g/mol. The van der Waals surface area contributed by atoms with Crippen LogP contribution in [0.25, 0.3) is 0 Å². The molecular formula is C16H25ClOZr. The van der Waals surface area contributed by atoms with Crippen molar-refractivity contribution >= 4 is 0 Å². The van der Waals surface area contributed by atoms with Gasteiger partial charge in [0.15, 0.2) is 0 Å². The number of hydrogen-bond donors (Lipinski definition) is 0. The van der Waals surface area contributed by atoms with Crippen LogP contribution in [0.5, 0.6) is 5.75 Å². The number of benzene rings is 1. The molecule has 0 aliphatic heterocycles. The minimum Gasteiger partial charge on any atom is -1.00 e. The van der Waals surface area contributed by atoms with Crippen molar-refractivity contribution in [2.75, 3.05) is 0 Å². The zero-order valence-electron chi connectivity index (χ0n) is 13.1. The third kappa shape index (κ3) is 5.23. The van der Waals surface area contributed by atoms with Crippen LogP contribution in [-0.2, 0) is 43.5 Å². The molecular weight excluding hydrogens is 335 g/mol. The summed E-state index contributed by atoms with van der Waals surface area (Å²) >= 11 is 0. The van der Waals surface area contributed by atoms with Gasteiger partial charge in [0.05, 0.1) is 0 Å². The molecule has 0 radical (unpaired) electrons. The minimum atomic E-state index is -0.0811. The van der Waals surface area contributed by atoms with E-state index in [1.807, 2.05) is 0 Å². The van der Waals surface area contributed by atoms with Crippen molar-refractivity contribution in [3.63, 3.8) is 0 Å². The van der Waals surface area contributed by atoms with E-state index in [-0.39, 0.29) is 55.2 Å². The quantitative estimate of drug-likeness (QED) is 0.731. The molecule has 0 N–H and O–H groups in total. The second-order valence-electron chi connectivity index (χ2n) is 6.87. The number of aryl methyl sites for hydroxylation is 1. The van der Waals surface area contributed by atoms with E-state index in [2.05, 4.69) is 60.6 Å². The summed E-state index contributed by atoms with van der Waals surface area (Å²) in [6, 6.07) is 4.16. The number of hydrogen-bond acceptors (Lipinski definition) is 1. The van der Waals surface area contributed by atoms with Gasteiger partial charge in [0.1, 0.15) is 0 Å². The van der Waals surface area contributed by atoms with Crippen molar-refractivity contribution in [3.05, 3.63) is 28.8 Å². The Morgan fingerprint density at radius 1 is 0.895 bits per heavy atom. The molecule has 0 amide bonds. The van der Waals surface area contributed by atoms with Gasteiger partial charge in [-0.2, -0.15) is 0 Å². The Kier molecular flexibility index (Phi) is 8.23. The molecule has 0 aliphatic rings. The van der Waals surface area contributed by atoms with Crippen LogP contribution >= 0.6 is 0 Å². The van der Waals surface area contributed by atoms with Gasteiger partial charge in [-0.1, -0.05) is 60.6 Å². The summed E-state index contributed by atoms with van der Waals surface area (Å²) in [6.45, 7) is 14.8. The molecule has 1 rings (SSSR count).